The molecule has 1 unspecified atom stereocenters. The van der Waals surface area contributed by atoms with Crippen molar-refractivity contribution >= 4 is 47.2 Å². The zero-order valence-electron chi connectivity index (χ0n) is 17.2. The molecule has 2 N–H and O–H groups in total. The van der Waals surface area contributed by atoms with Crippen LogP contribution in [0.4, 0.5) is 0 Å². The molecule has 4 nitrogen and oxygen atoms in total. The molecule has 0 aliphatic carbocycles. The molecule has 4 rings (SSSR count). The summed E-state index contributed by atoms with van der Waals surface area (Å²) in [6, 6.07) is 12.3. The fraction of sp³-hybridized carbons (Fsp3) is 0.348. The van der Waals surface area contributed by atoms with E-state index in [1.807, 2.05) is 26.0 Å². The summed E-state index contributed by atoms with van der Waals surface area (Å²) in [5.74, 6) is 6.08. The van der Waals surface area contributed by atoms with Crippen LogP contribution in [-0.4, -0.2) is 24.3 Å². The van der Waals surface area contributed by atoms with E-state index in [9.17, 15) is 8.42 Å². The first-order valence-electron chi connectivity index (χ1n) is 9.52. The van der Waals surface area contributed by atoms with E-state index in [2.05, 4.69) is 41.4 Å². The van der Waals surface area contributed by atoms with Gasteiger partial charge in [0.25, 0.3) is 0 Å². The minimum absolute atomic E-state index is 0.0360. The van der Waals surface area contributed by atoms with Crippen LogP contribution in [0.25, 0.3) is 20.2 Å². The highest BCUT2D eigenvalue weighted by atomic mass is 32.2. The molecule has 150 valence electrons. The van der Waals surface area contributed by atoms with Crippen LogP contribution in [0.1, 0.15) is 45.7 Å². The molecule has 0 spiro atoms. The number of sulfone groups is 1. The van der Waals surface area contributed by atoms with Crippen molar-refractivity contribution in [1.29, 1.82) is 5.41 Å². The first-order chi connectivity index (χ1) is 13.5. The Morgan fingerprint density at radius 2 is 1.69 bits per heavy atom. The second-order valence-corrected chi connectivity index (χ2v) is 12.2. The van der Waals surface area contributed by atoms with Crippen LogP contribution in [0.15, 0.2) is 36.4 Å². The van der Waals surface area contributed by atoms with Crippen molar-refractivity contribution in [3.05, 3.63) is 47.5 Å². The maximum absolute atomic E-state index is 13.2. The SMILES string of the molecule is CC#Cc1ccc2sc3ccc([C@@]4(C)NC(=N)C(C)(C)S(=O)(=O)C4C)cc3c2c1. The van der Waals surface area contributed by atoms with Gasteiger partial charge in [0.05, 0.1) is 10.8 Å². The van der Waals surface area contributed by atoms with E-state index in [0.29, 0.717) is 0 Å². The van der Waals surface area contributed by atoms with Gasteiger partial charge in [-0.1, -0.05) is 12.0 Å². The van der Waals surface area contributed by atoms with Gasteiger partial charge in [-0.05, 0) is 70.5 Å². The Bertz CT molecular complexity index is 1340. The molecule has 0 bridgehead atoms. The van der Waals surface area contributed by atoms with E-state index in [4.69, 9.17) is 5.41 Å². The van der Waals surface area contributed by atoms with E-state index in [1.54, 1.807) is 32.1 Å². The van der Waals surface area contributed by atoms with Crippen LogP contribution in [0.3, 0.4) is 0 Å². The molecule has 1 aliphatic heterocycles. The third-order valence-corrected chi connectivity index (χ3v) is 10.5. The Morgan fingerprint density at radius 3 is 2.34 bits per heavy atom. The molecule has 1 aromatic heterocycles. The number of fused-ring (bicyclic) bond motifs is 3. The lowest BCUT2D eigenvalue weighted by Gasteiger charge is -2.47. The Hall–Kier alpha value is -2.36. The van der Waals surface area contributed by atoms with Gasteiger partial charge in [0.2, 0.25) is 0 Å². The molecule has 2 atom stereocenters. The summed E-state index contributed by atoms with van der Waals surface area (Å²) in [5, 5.41) is 13.1. The standard InChI is InChI=1S/C23H24N2O2S2/c1-6-7-15-8-10-19-17(12-15)18-13-16(9-11-20(18)28-19)23(5)14(2)29(26,27)22(3,4)21(24)25-23/h8-14H,1-5H3,(H2,24,25)/t14?,23-/m0/s1. The summed E-state index contributed by atoms with van der Waals surface area (Å²) in [4.78, 5) is 0. The predicted octanol–water partition coefficient (Wildman–Crippen LogP) is 4.80. The van der Waals surface area contributed by atoms with E-state index in [-0.39, 0.29) is 5.84 Å². The van der Waals surface area contributed by atoms with Crippen molar-refractivity contribution in [2.45, 2.75) is 50.2 Å². The van der Waals surface area contributed by atoms with Crippen molar-refractivity contribution in [3.63, 3.8) is 0 Å². The maximum atomic E-state index is 13.2. The molecular formula is C23H24N2O2S2. The third-order valence-electron chi connectivity index (χ3n) is 6.31. The normalized spacial score (nSPS) is 25.4. The zero-order valence-corrected chi connectivity index (χ0v) is 18.8. The number of nitrogens with one attached hydrogen (secondary N) is 2. The van der Waals surface area contributed by atoms with E-state index < -0.39 is 25.4 Å². The molecule has 29 heavy (non-hydrogen) atoms. The first-order valence-corrected chi connectivity index (χ1v) is 11.9. The lowest BCUT2D eigenvalue weighted by Crippen LogP contribution is -2.67. The van der Waals surface area contributed by atoms with Gasteiger partial charge in [0.15, 0.2) is 9.84 Å². The average Bonchev–Trinajstić information content (AvgIpc) is 3.03. The molecule has 0 radical (unpaired) electrons. The molecule has 1 fully saturated rings. The molecule has 2 heterocycles. The van der Waals surface area contributed by atoms with Gasteiger partial charge in [-0.15, -0.1) is 17.3 Å². The van der Waals surface area contributed by atoms with Crippen molar-refractivity contribution in [2.75, 3.05) is 0 Å². The summed E-state index contributed by atoms with van der Waals surface area (Å²) >= 11 is 1.71. The second kappa shape index (κ2) is 6.32. The maximum Gasteiger partial charge on any atom is 0.167 e. The van der Waals surface area contributed by atoms with Gasteiger partial charge < -0.3 is 5.32 Å². The topological polar surface area (TPSA) is 70.0 Å². The lowest BCUT2D eigenvalue weighted by molar-refractivity contribution is 0.385. The fourth-order valence-electron chi connectivity index (χ4n) is 4.04. The molecule has 1 aliphatic rings. The van der Waals surface area contributed by atoms with Crippen molar-refractivity contribution in [1.82, 2.24) is 5.32 Å². The quantitative estimate of drug-likeness (QED) is 0.551. The van der Waals surface area contributed by atoms with Crippen molar-refractivity contribution in [2.24, 2.45) is 0 Å². The van der Waals surface area contributed by atoms with E-state index in [0.717, 1.165) is 26.6 Å². The van der Waals surface area contributed by atoms with Gasteiger partial charge >= 0.3 is 0 Å². The van der Waals surface area contributed by atoms with Gasteiger partial charge in [0.1, 0.15) is 10.6 Å². The number of hydrogen-bond donors (Lipinski definition) is 2. The number of amidine groups is 1. The molecule has 3 aromatic rings. The second-order valence-electron chi connectivity index (χ2n) is 8.30. The summed E-state index contributed by atoms with van der Waals surface area (Å²) < 4.78 is 27.5. The van der Waals surface area contributed by atoms with Crippen LogP contribution < -0.4 is 5.32 Å². The number of benzene rings is 2. The lowest BCUT2D eigenvalue weighted by atomic mass is 9.86. The number of thiophene rings is 1. The average molecular weight is 425 g/mol. The van der Waals surface area contributed by atoms with Crippen molar-refractivity contribution < 1.29 is 8.42 Å². The molecule has 6 heteroatoms. The van der Waals surface area contributed by atoms with E-state index in [1.165, 1.54) is 4.70 Å². The molecule has 2 aromatic carbocycles. The third kappa shape index (κ3) is 2.72. The molecule has 0 saturated carbocycles. The highest BCUT2D eigenvalue weighted by Crippen LogP contribution is 2.42. The van der Waals surface area contributed by atoms with E-state index >= 15 is 0 Å². The minimum atomic E-state index is -3.54. The smallest absolute Gasteiger partial charge is 0.167 e. The molecule has 0 amide bonds. The largest absolute Gasteiger partial charge is 0.362 e. The predicted molar refractivity (Wildman–Crippen MR) is 123 cm³/mol. The molecular weight excluding hydrogens is 400 g/mol. The van der Waals surface area contributed by atoms with Crippen LogP contribution in [0.2, 0.25) is 0 Å². The number of rotatable bonds is 1. The summed E-state index contributed by atoms with van der Waals surface area (Å²) in [7, 11) is -3.54. The summed E-state index contributed by atoms with van der Waals surface area (Å²) in [6.07, 6.45) is 0. The van der Waals surface area contributed by atoms with Crippen molar-refractivity contribution in [3.8, 4) is 11.8 Å². The zero-order chi connectivity index (χ0) is 21.2. The monoisotopic (exact) mass is 424 g/mol. The van der Waals surface area contributed by atoms with Gasteiger partial charge in [0, 0.05) is 25.7 Å². The Morgan fingerprint density at radius 1 is 1.07 bits per heavy atom. The van der Waals surface area contributed by atoms with Gasteiger partial charge in [-0.2, -0.15) is 0 Å². The van der Waals surface area contributed by atoms with Crippen LogP contribution in [0, 0.1) is 17.3 Å². The van der Waals surface area contributed by atoms with Gasteiger partial charge in [-0.25, -0.2) is 8.42 Å². The van der Waals surface area contributed by atoms with Crippen LogP contribution in [0.5, 0.6) is 0 Å². The fourth-order valence-corrected chi connectivity index (χ4v) is 7.14. The minimum Gasteiger partial charge on any atom is -0.362 e. The summed E-state index contributed by atoms with van der Waals surface area (Å²) in [5.41, 5.74) is 0.953. The van der Waals surface area contributed by atoms with Crippen LogP contribution in [-0.2, 0) is 15.4 Å². The Balaban J connectivity index is 1.93. The number of hydrogen-bond acceptors (Lipinski definition) is 4. The Kier molecular flexibility index (Phi) is 4.34. The molecule has 1 saturated heterocycles. The van der Waals surface area contributed by atoms with Gasteiger partial charge in [-0.3, -0.25) is 5.41 Å². The first kappa shape index (κ1) is 19.9. The Labute approximate surface area is 175 Å². The van der Waals surface area contributed by atoms with Crippen LogP contribution >= 0.6 is 11.3 Å². The highest BCUT2D eigenvalue weighted by molar-refractivity contribution is 7.94. The highest BCUT2D eigenvalue weighted by Gasteiger charge is 2.55. The summed E-state index contributed by atoms with van der Waals surface area (Å²) in [6.45, 7) is 8.63.